The summed E-state index contributed by atoms with van der Waals surface area (Å²) in [6.45, 7) is 0.585. The SMILES string of the molecule is COc1ccc(-c2nnc(SCC(=O)NC[C@@H](c3ccccc3)[NH+](C)C)n2C)cc1. The maximum Gasteiger partial charge on any atom is 0.230 e. The number of nitrogens with one attached hydrogen (secondary N) is 2. The molecule has 158 valence electrons. The second-order valence-corrected chi connectivity index (χ2v) is 8.17. The molecule has 0 radical (unpaired) electrons. The van der Waals surface area contributed by atoms with Gasteiger partial charge in [0.1, 0.15) is 11.8 Å². The molecule has 1 amide bonds. The topological polar surface area (TPSA) is 73.5 Å². The largest absolute Gasteiger partial charge is 0.497 e. The van der Waals surface area contributed by atoms with Crippen LogP contribution in [0, 0.1) is 0 Å². The van der Waals surface area contributed by atoms with Crippen LogP contribution in [0.25, 0.3) is 11.4 Å². The number of likely N-dealkylation sites (N-methyl/N-ethyl adjacent to an activating group) is 1. The molecule has 2 N–H and O–H groups in total. The highest BCUT2D eigenvalue weighted by atomic mass is 32.2. The van der Waals surface area contributed by atoms with Crippen LogP contribution in [0.1, 0.15) is 11.6 Å². The molecule has 8 heteroatoms. The summed E-state index contributed by atoms with van der Waals surface area (Å²) in [5.41, 5.74) is 2.16. The molecule has 7 nitrogen and oxygen atoms in total. The predicted octanol–water partition coefficient (Wildman–Crippen LogP) is 1.58. The van der Waals surface area contributed by atoms with Crippen molar-refractivity contribution in [3.63, 3.8) is 0 Å². The van der Waals surface area contributed by atoms with E-state index in [4.69, 9.17) is 4.74 Å². The minimum absolute atomic E-state index is 0.0174. The lowest BCUT2D eigenvalue weighted by Gasteiger charge is -2.22. The third-order valence-electron chi connectivity index (χ3n) is 4.92. The van der Waals surface area contributed by atoms with Crippen molar-refractivity contribution in [2.75, 3.05) is 33.5 Å². The zero-order valence-electron chi connectivity index (χ0n) is 17.8. The highest BCUT2D eigenvalue weighted by molar-refractivity contribution is 7.99. The zero-order chi connectivity index (χ0) is 21.5. The lowest BCUT2D eigenvalue weighted by atomic mass is 10.1. The fourth-order valence-electron chi connectivity index (χ4n) is 3.17. The average Bonchev–Trinajstić information content (AvgIpc) is 3.13. The first-order chi connectivity index (χ1) is 14.5. The van der Waals surface area contributed by atoms with Crippen molar-refractivity contribution in [2.24, 2.45) is 7.05 Å². The number of hydrogen-bond acceptors (Lipinski definition) is 5. The molecule has 0 bridgehead atoms. The van der Waals surface area contributed by atoms with Crippen LogP contribution in [0.15, 0.2) is 59.8 Å². The Morgan fingerprint density at radius 3 is 2.47 bits per heavy atom. The number of nitrogens with zero attached hydrogens (tertiary/aromatic N) is 3. The molecule has 0 aliphatic rings. The van der Waals surface area contributed by atoms with Gasteiger partial charge in [0.25, 0.3) is 0 Å². The van der Waals surface area contributed by atoms with Crippen LogP contribution in [0.4, 0.5) is 0 Å². The maximum absolute atomic E-state index is 12.4. The fourth-order valence-corrected chi connectivity index (χ4v) is 3.91. The van der Waals surface area contributed by atoms with Crippen molar-refractivity contribution in [3.05, 3.63) is 60.2 Å². The first kappa shape index (κ1) is 21.9. The molecule has 1 atom stereocenters. The molecular weight excluding hydrogens is 398 g/mol. The monoisotopic (exact) mass is 426 g/mol. The lowest BCUT2D eigenvalue weighted by molar-refractivity contribution is -0.890. The number of quaternary nitrogens is 1. The van der Waals surface area contributed by atoms with Crippen LogP contribution >= 0.6 is 11.8 Å². The van der Waals surface area contributed by atoms with Crippen LogP contribution < -0.4 is 15.0 Å². The molecule has 1 aromatic heterocycles. The smallest absolute Gasteiger partial charge is 0.230 e. The number of hydrogen-bond donors (Lipinski definition) is 2. The Hall–Kier alpha value is -2.84. The molecular formula is C22H28N5O2S+. The molecule has 0 saturated carbocycles. The highest BCUT2D eigenvalue weighted by Gasteiger charge is 2.19. The van der Waals surface area contributed by atoms with Crippen molar-refractivity contribution in [3.8, 4) is 17.1 Å². The second-order valence-electron chi connectivity index (χ2n) is 7.23. The summed E-state index contributed by atoms with van der Waals surface area (Å²) in [5.74, 6) is 1.82. The summed E-state index contributed by atoms with van der Waals surface area (Å²) in [6.07, 6.45) is 0. The minimum atomic E-state index is -0.0174. The summed E-state index contributed by atoms with van der Waals surface area (Å²) < 4.78 is 7.09. The molecule has 2 aromatic carbocycles. The first-order valence-electron chi connectivity index (χ1n) is 9.78. The van der Waals surface area contributed by atoms with Gasteiger partial charge in [0.2, 0.25) is 5.91 Å². The summed E-state index contributed by atoms with van der Waals surface area (Å²) >= 11 is 1.38. The number of methoxy groups -OCH3 is 1. The van der Waals surface area contributed by atoms with Gasteiger partial charge in [-0.3, -0.25) is 4.79 Å². The third-order valence-corrected chi connectivity index (χ3v) is 5.94. The number of carbonyl (C=O) groups excluding carboxylic acids is 1. The molecule has 0 saturated heterocycles. The highest BCUT2D eigenvalue weighted by Crippen LogP contribution is 2.24. The Kier molecular flexibility index (Phi) is 7.48. The average molecular weight is 427 g/mol. The quantitative estimate of drug-likeness (QED) is 0.509. The van der Waals surface area contributed by atoms with E-state index < -0.39 is 0 Å². The number of carbonyl (C=O) groups is 1. The standard InChI is InChI=1S/C22H27N5O2S/c1-26(2)19(16-8-6-5-7-9-16)14-23-20(28)15-30-22-25-24-21(27(22)3)17-10-12-18(29-4)13-11-17/h5-13,19H,14-15H2,1-4H3,(H,23,28)/p+1/t19-/m0/s1. The Bertz CT molecular complexity index is 957. The number of benzene rings is 2. The maximum atomic E-state index is 12.4. The first-order valence-corrected chi connectivity index (χ1v) is 10.8. The number of thioether (sulfide) groups is 1. The van der Waals surface area contributed by atoms with E-state index in [0.29, 0.717) is 17.5 Å². The van der Waals surface area contributed by atoms with Crippen molar-refractivity contribution in [1.29, 1.82) is 0 Å². The van der Waals surface area contributed by atoms with Crippen molar-refractivity contribution < 1.29 is 14.4 Å². The lowest BCUT2D eigenvalue weighted by Crippen LogP contribution is -3.07. The van der Waals surface area contributed by atoms with Gasteiger partial charge in [-0.05, 0) is 24.3 Å². The van der Waals surface area contributed by atoms with Crippen molar-refractivity contribution in [1.82, 2.24) is 20.1 Å². The van der Waals surface area contributed by atoms with Crippen LogP contribution in [0.2, 0.25) is 0 Å². The molecule has 0 aliphatic carbocycles. The van der Waals surface area contributed by atoms with E-state index in [1.54, 1.807) is 7.11 Å². The number of aromatic nitrogens is 3. The molecule has 0 spiro atoms. The zero-order valence-corrected chi connectivity index (χ0v) is 18.6. The van der Waals surface area contributed by atoms with Crippen LogP contribution in [-0.2, 0) is 11.8 Å². The van der Waals surface area contributed by atoms with E-state index in [1.807, 2.05) is 54.1 Å². The Balaban J connectivity index is 1.56. The van der Waals surface area contributed by atoms with Gasteiger partial charge in [-0.25, -0.2) is 0 Å². The van der Waals surface area contributed by atoms with E-state index in [2.05, 4.69) is 41.7 Å². The molecule has 0 fully saturated rings. The van der Waals surface area contributed by atoms with Crippen molar-refractivity contribution in [2.45, 2.75) is 11.2 Å². The van der Waals surface area contributed by atoms with E-state index in [1.165, 1.54) is 22.2 Å². The molecule has 3 rings (SSSR count). The Labute approximate surface area is 181 Å². The van der Waals surface area contributed by atoms with Crippen LogP contribution in [0.3, 0.4) is 0 Å². The summed E-state index contributed by atoms with van der Waals surface area (Å²) in [7, 11) is 7.73. The van der Waals surface area contributed by atoms with Crippen LogP contribution in [0.5, 0.6) is 5.75 Å². The molecule has 0 unspecified atom stereocenters. The number of amides is 1. The molecule has 30 heavy (non-hydrogen) atoms. The van der Waals surface area contributed by atoms with Gasteiger partial charge in [0.05, 0.1) is 33.5 Å². The summed E-state index contributed by atoms with van der Waals surface area (Å²) in [4.78, 5) is 13.7. The van der Waals surface area contributed by atoms with Crippen LogP contribution in [-0.4, -0.2) is 54.2 Å². The van der Waals surface area contributed by atoms with E-state index in [9.17, 15) is 4.79 Å². The third kappa shape index (κ3) is 5.40. The number of rotatable bonds is 9. The van der Waals surface area contributed by atoms with Gasteiger partial charge in [-0.2, -0.15) is 0 Å². The number of ether oxygens (including phenoxy) is 1. The van der Waals surface area contributed by atoms with Gasteiger partial charge < -0.3 is 19.5 Å². The Morgan fingerprint density at radius 2 is 1.83 bits per heavy atom. The van der Waals surface area contributed by atoms with Gasteiger partial charge in [0.15, 0.2) is 11.0 Å². The molecule has 1 heterocycles. The molecule has 3 aromatic rings. The van der Waals surface area contributed by atoms with E-state index in [-0.39, 0.29) is 11.9 Å². The predicted molar refractivity (Wildman–Crippen MR) is 119 cm³/mol. The fraction of sp³-hybridized carbons (Fsp3) is 0.318. The summed E-state index contributed by atoms with van der Waals surface area (Å²) in [5, 5.41) is 12.3. The Morgan fingerprint density at radius 1 is 1.13 bits per heavy atom. The van der Waals surface area contributed by atoms with Gasteiger partial charge in [-0.15, -0.1) is 10.2 Å². The molecule has 0 aliphatic heterocycles. The van der Waals surface area contributed by atoms with E-state index >= 15 is 0 Å². The minimum Gasteiger partial charge on any atom is -0.497 e. The normalized spacial score (nSPS) is 12.0. The van der Waals surface area contributed by atoms with E-state index in [0.717, 1.165) is 17.1 Å². The summed E-state index contributed by atoms with van der Waals surface area (Å²) in [6, 6.07) is 18.1. The van der Waals surface area contributed by atoms with Crippen molar-refractivity contribution >= 4 is 17.7 Å². The second kappa shape index (κ2) is 10.3. The van der Waals surface area contributed by atoms with Gasteiger partial charge >= 0.3 is 0 Å². The van der Waals surface area contributed by atoms with Gasteiger partial charge in [0, 0.05) is 18.2 Å². The van der Waals surface area contributed by atoms with Gasteiger partial charge in [-0.1, -0.05) is 42.1 Å².